The molecule has 0 bridgehead atoms. The number of benzene rings is 2. The first kappa shape index (κ1) is 21.5. The van der Waals surface area contributed by atoms with Crippen LogP contribution in [0.3, 0.4) is 0 Å². The lowest BCUT2D eigenvalue weighted by molar-refractivity contribution is -0.144. The second-order valence-corrected chi connectivity index (χ2v) is 6.34. The molecule has 0 saturated heterocycles. The maximum Gasteiger partial charge on any atom is 0.416 e. The summed E-state index contributed by atoms with van der Waals surface area (Å²) in [5.74, 6) is -1.36. The highest BCUT2D eigenvalue weighted by Crippen LogP contribution is 2.29. The Morgan fingerprint density at radius 3 is 2.57 bits per heavy atom. The monoisotopic (exact) mass is 411 g/mol. The van der Waals surface area contributed by atoms with Crippen LogP contribution in [0.1, 0.15) is 29.7 Å². The number of amides is 1. The molecule has 8 heteroatoms. The fourth-order valence-corrected chi connectivity index (χ4v) is 2.51. The molecule has 0 unspecified atom stereocenters. The maximum atomic E-state index is 12.7. The standard InChI is InChI=1S/C20H17ClF3NO3/c1-13(15-5-3-7-17(21)11-15)25-18(26)12-28-19(27)9-8-14-4-2-6-16(10-14)20(22,23)24/h2-11,13H,12H2,1H3,(H,25,26)/b9-8+/t13-/m1/s1. The van der Waals surface area contributed by atoms with E-state index in [1.54, 1.807) is 31.2 Å². The minimum absolute atomic E-state index is 0.186. The Bertz CT molecular complexity index is 881. The zero-order valence-corrected chi connectivity index (χ0v) is 15.6. The Kier molecular flexibility index (Phi) is 7.23. The molecular weight excluding hydrogens is 395 g/mol. The van der Waals surface area contributed by atoms with Crippen LogP contribution in [0.25, 0.3) is 6.08 Å². The van der Waals surface area contributed by atoms with E-state index in [4.69, 9.17) is 16.3 Å². The molecule has 2 aromatic carbocycles. The van der Waals surface area contributed by atoms with Gasteiger partial charge in [0.1, 0.15) is 0 Å². The molecule has 0 fully saturated rings. The van der Waals surface area contributed by atoms with Crippen LogP contribution in [0, 0.1) is 0 Å². The SMILES string of the molecule is C[C@@H](NC(=O)COC(=O)/C=C/c1cccc(C(F)(F)F)c1)c1cccc(Cl)c1. The number of halogens is 4. The highest BCUT2D eigenvalue weighted by molar-refractivity contribution is 6.30. The molecule has 1 N–H and O–H groups in total. The van der Waals surface area contributed by atoms with Crippen molar-refractivity contribution in [2.75, 3.05) is 6.61 Å². The van der Waals surface area contributed by atoms with Gasteiger partial charge in [-0.1, -0.05) is 35.9 Å². The van der Waals surface area contributed by atoms with Crippen molar-refractivity contribution in [2.45, 2.75) is 19.1 Å². The normalized spacial score (nSPS) is 12.6. The van der Waals surface area contributed by atoms with Crippen molar-refractivity contribution in [3.63, 3.8) is 0 Å². The summed E-state index contributed by atoms with van der Waals surface area (Å²) in [6, 6.07) is 11.1. The first-order valence-electron chi connectivity index (χ1n) is 8.22. The average Bonchev–Trinajstić information content (AvgIpc) is 2.64. The molecule has 28 heavy (non-hydrogen) atoms. The second-order valence-electron chi connectivity index (χ2n) is 5.91. The second kappa shape index (κ2) is 9.41. The number of carbonyl (C=O) groups is 2. The lowest BCUT2D eigenvalue weighted by Crippen LogP contribution is -2.30. The topological polar surface area (TPSA) is 55.4 Å². The van der Waals surface area contributed by atoms with E-state index in [0.717, 1.165) is 23.8 Å². The molecule has 0 aliphatic carbocycles. The summed E-state index contributed by atoms with van der Waals surface area (Å²) in [7, 11) is 0. The quantitative estimate of drug-likeness (QED) is 0.549. The van der Waals surface area contributed by atoms with Crippen LogP contribution in [-0.2, 0) is 20.5 Å². The van der Waals surface area contributed by atoms with Gasteiger partial charge in [0.25, 0.3) is 5.91 Å². The van der Waals surface area contributed by atoms with Crippen molar-refractivity contribution >= 4 is 29.6 Å². The number of esters is 1. The molecule has 0 aromatic heterocycles. The number of carbonyl (C=O) groups excluding carboxylic acids is 2. The fourth-order valence-electron chi connectivity index (χ4n) is 2.31. The summed E-state index contributed by atoms with van der Waals surface area (Å²) in [6.07, 6.45) is -2.32. The molecule has 2 rings (SSSR count). The Labute approximate surface area is 165 Å². The van der Waals surface area contributed by atoms with Crippen LogP contribution in [-0.4, -0.2) is 18.5 Å². The molecule has 0 radical (unpaired) electrons. The average molecular weight is 412 g/mol. The van der Waals surface area contributed by atoms with Gasteiger partial charge in [0.15, 0.2) is 6.61 Å². The molecule has 0 heterocycles. The van der Waals surface area contributed by atoms with Gasteiger partial charge < -0.3 is 10.1 Å². The minimum atomic E-state index is -4.47. The number of rotatable bonds is 6. The zero-order chi connectivity index (χ0) is 20.7. The van der Waals surface area contributed by atoms with Gasteiger partial charge >= 0.3 is 12.1 Å². The van der Waals surface area contributed by atoms with Crippen molar-refractivity contribution in [2.24, 2.45) is 0 Å². The maximum absolute atomic E-state index is 12.7. The Balaban J connectivity index is 1.85. The number of hydrogen-bond donors (Lipinski definition) is 1. The molecule has 2 aromatic rings. The number of alkyl halides is 3. The summed E-state index contributed by atoms with van der Waals surface area (Å²) >= 11 is 5.90. The Hall–Kier alpha value is -2.80. The predicted molar refractivity (Wildman–Crippen MR) is 99.4 cm³/mol. The van der Waals surface area contributed by atoms with E-state index in [2.05, 4.69) is 5.32 Å². The molecular formula is C20H17ClF3NO3. The van der Waals surface area contributed by atoms with Gasteiger partial charge in [-0.3, -0.25) is 4.79 Å². The third kappa shape index (κ3) is 6.74. The van der Waals surface area contributed by atoms with Crippen LogP contribution >= 0.6 is 11.6 Å². The lowest BCUT2D eigenvalue weighted by Gasteiger charge is -2.14. The molecule has 148 valence electrons. The van der Waals surface area contributed by atoms with E-state index in [9.17, 15) is 22.8 Å². The molecule has 1 atom stereocenters. The molecule has 0 aliphatic heterocycles. The minimum Gasteiger partial charge on any atom is -0.452 e. The van der Waals surface area contributed by atoms with E-state index in [1.165, 1.54) is 18.2 Å². The highest BCUT2D eigenvalue weighted by Gasteiger charge is 2.30. The van der Waals surface area contributed by atoms with Crippen LogP contribution in [0.2, 0.25) is 5.02 Å². The van der Waals surface area contributed by atoms with Crippen molar-refractivity contribution in [3.05, 3.63) is 76.3 Å². The van der Waals surface area contributed by atoms with E-state index in [1.807, 2.05) is 0 Å². The summed E-state index contributed by atoms with van der Waals surface area (Å²) in [5.41, 5.74) is 0.153. The van der Waals surface area contributed by atoms with Gasteiger partial charge in [-0.15, -0.1) is 0 Å². The van der Waals surface area contributed by atoms with Gasteiger partial charge in [0, 0.05) is 11.1 Å². The van der Waals surface area contributed by atoms with Crippen LogP contribution in [0.4, 0.5) is 13.2 Å². The molecule has 4 nitrogen and oxygen atoms in total. The Morgan fingerprint density at radius 2 is 1.89 bits per heavy atom. The molecule has 1 amide bonds. The van der Waals surface area contributed by atoms with E-state index < -0.39 is 30.2 Å². The largest absolute Gasteiger partial charge is 0.452 e. The highest BCUT2D eigenvalue weighted by atomic mass is 35.5. The summed E-state index contributed by atoms with van der Waals surface area (Å²) in [4.78, 5) is 23.5. The number of hydrogen-bond acceptors (Lipinski definition) is 3. The van der Waals surface area contributed by atoms with Gasteiger partial charge in [-0.2, -0.15) is 13.2 Å². The summed E-state index contributed by atoms with van der Waals surface area (Å²) in [6.45, 7) is 1.23. The first-order chi connectivity index (χ1) is 13.1. The smallest absolute Gasteiger partial charge is 0.416 e. The van der Waals surface area contributed by atoms with Crippen LogP contribution in [0.15, 0.2) is 54.6 Å². The summed E-state index contributed by atoms with van der Waals surface area (Å²) in [5, 5.41) is 3.18. The van der Waals surface area contributed by atoms with Crippen LogP contribution < -0.4 is 5.32 Å². The molecule has 0 saturated carbocycles. The predicted octanol–water partition coefficient (Wildman–Crippen LogP) is 4.79. The van der Waals surface area contributed by atoms with Gasteiger partial charge in [-0.25, -0.2) is 4.79 Å². The van der Waals surface area contributed by atoms with Gasteiger partial charge in [0.05, 0.1) is 11.6 Å². The first-order valence-corrected chi connectivity index (χ1v) is 8.60. The van der Waals surface area contributed by atoms with Crippen molar-refractivity contribution < 1.29 is 27.5 Å². The Morgan fingerprint density at radius 1 is 1.18 bits per heavy atom. The van der Waals surface area contributed by atoms with Crippen molar-refractivity contribution in [3.8, 4) is 0 Å². The van der Waals surface area contributed by atoms with E-state index >= 15 is 0 Å². The zero-order valence-electron chi connectivity index (χ0n) is 14.8. The molecule has 0 aliphatic rings. The number of nitrogens with one attached hydrogen (secondary N) is 1. The fraction of sp³-hybridized carbons (Fsp3) is 0.200. The number of ether oxygens (including phenoxy) is 1. The van der Waals surface area contributed by atoms with Gasteiger partial charge in [-0.05, 0) is 48.4 Å². The molecule has 0 spiro atoms. The summed E-state index contributed by atoms with van der Waals surface area (Å²) < 4.78 is 42.8. The van der Waals surface area contributed by atoms with Crippen molar-refractivity contribution in [1.82, 2.24) is 5.32 Å². The van der Waals surface area contributed by atoms with Crippen molar-refractivity contribution in [1.29, 1.82) is 0 Å². The van der Waals surface area contributed by atoms with Gasteiger partial charge in [0.2, 0.25) is 0 Å². The third-order valence-electron chi connectivity index (χ3n) is 3.70. The lowest BCUT2D eigenvalue weighted by atomic mass is 10.1. The van der Waals surface area contributed by atoms with E-state index in [-0.39, 0.29) is 11.6 Å². The third-order valence-corrected chi connectivity index (χ3v) is 3.93. The van der Waals surface area contributed by atoms with E-state index in [0.29, 0.717) is 5.02 Å². The van der Waals surface area contributed by atoms with Crippen LogP contribution in [0.5, 0.6) is 0 Å².